The Labute approximate surface area is 229 Å². The molecule has 208 valence electrons. The van der Waals surface area contributed by atoms with Gasteiger partial charge in [-0.3, -0.25) is 4.79 Å². The van der Waals surface area contributed by atoms with Crippen LogP contribution in [-0.4, -0.2) is 53.4 Å². The van der Waals surface area contributed by atoms with E-state index in [1.807, 2.05) is 23.1 Å². The molecular formula is C30H30F2N4O4. The van der Waals surface area contributed by atoms with E-state index in [-0.39, 0.29) is 17.0 Å². The smallest absolute Gasteiger partial charge is 0.341 e. The first kappa shape index (κ1) is 26.2. The van der Waals surface area contributed by atoms with Crippen LogP contribution in [0.4, 0.5) is 14.5 Å². The molecule has 0 radical (unpaired) electrons. The van der Waals surface area contributed by atoms with Gasteiger partial charge in [0, 0.05) is 36.8 Å². The molecule has 4 heterocycles. The van der Waals surface area contributed by atoms with E-state index in [2.05, 4.69) is 10.3 Å². The molecule has 8 nitrogen and oxygen atoms in total. The van der Waals surface area contributed by atoms with Gasteiger partial charge >= 0.3 is 5.97 Å². The van der Waals surface area contributed by atoms with Crippen LogP contribution in [0.2, 0.25) is 0 Å². The highest BCUT2D eigenvalue weighted by Crippen LogP contribution is 2.45. The zero-order chi connectivity index (χ0) is 28.0. The van der Waals surface area contributed by atoms with Crippen molar-refractivity contribution in [2.75, 3.05) is 31.6 Å². The second kappa shape index (κ2) is 10.5. The third-order valence-electron chi connectivity index (χ3n) is 8.05. The third kappa shape index (κ3) is 4.77. The number of aromatic carboxylic acids is 1. The lowest BCUT2D eigenvalue weighted by Gasteiger charge is -2.25. The summed E-state index contributed by atoms with van der Waals surface area (Å²) in [5.41, 5.74) is 0.546. The number of benzene rings is 2. The first-order valence-corrected chi connectivity index (χ1v) is 13.5. The summed E-state index contributed by atoms with van der Waals surface area (Å²) in [7, 11) is 1.48. The van der Waals surface area contributed by atoms with Crippen molar-refractivity contribution in [3.63, 3.8) is 0 Å². The second-order valence-electron chi connectivity index (χ2n) is 10.6. The fourth-order valence-corrected chi connectivity index (χ4v) is 5.99. The van der Waals surface area contributed by atoms with Crippen molar-refractivity contribution >= 4 is 33.5 Å². The molecule has 3 fully saturated rings. The zero-order valence-corrected chi connectivity index (χ0v) is 22.1. The van der Waals surface area contributed by atoms with Crippen LogP contribution in [0.25, 0.3) is 21.8 Å². The number of piperidine rings is 1. The molecule has 1 aliphatic carbocycles. The number of fused-ring (bicyclic) bond motifs is 3. The lowest BCUT2D eigenvalue weighted by atomic mass is 9.94. The Balaban J connectivity index is 0.000000219. The Morgan fingerprint density at radius 3 is 2.65 bits per heavy atom. The van der Waals surface area contributed by atoms with E-state index >= 15 is 4.39 Å². The number of nitrogens with one attached hydrogen (secondary N) is 1. The number of halogens is 2. The number of rotatable bonds is 4. The number of anilines is 1. The van der Waals surface area contributed by atoms with Crippen LogP contribution in [0.3, 0.4) is 0 Å². The van der Waals surface area contributed by atoms with E-state index in [9.17, 15) is 19.1 Å². The fourth-order valence-electron chi connectivity index (χ4n) is 5.99. The van der Waals surface area contributed by atoms with Gasteiger partial charge in [-0.25, -0.2) is 14.2 Å². The molecule has 1 saturated carbocycles. The lowest BCUT2D eigenvalue weighted by molar-refractivity contribution is 0.0694. The maximum atomic E-state index is 15.3. The van der Waals surface area contributed by atoms with Crippen molar-refractivity contribution in [1.82, 2.24) is 14.9 Å². The Hall–Kier alpha value is -4.05. The number of hydrogen-bond acceptors (Lipinski definition) is 6. The van der Waals surface area contributed by atoms with Crippen molar-refractivity contribution in [2.45, 2.75) is 37.8 Å². The maximum Gasteiger partial charge on any atom is 0.341 e. The van der Waals surface area contributed by atoms with Gasteiger partial charge in [0.1, 0.15) is 11.3 Å². The zero-order valence-electron chi connectivity index (χ0n) is 22.1. The van der Waals surface area contributed by atoms with Crippen LogP contribution in [0, 0.1) is 17.7 Å². The summed E-state index contributed by atoms with van der Waals surface area (Å²) in [5, 5.41) is 14.0. The monoisotopic (exact) mass is 548 g/mol. The maximum absolute atomic E-state index is 15.3. The first-order valence-electron chi connectivity index (χ1n) is 13.5. The molecule has 40 heavy (non-hydrogen) atoms. The Morgan fingerprint density at radius 2 is 1.93 bits per heavy atom. The van der Waals surface area contributed by atoms with Gasteiger partial charge in [0.05, 0.1) is 23.5 Å². The highest BCUT2D eigenvalue weighted by Gasteiger charge is 2.38. The number of pyridine rings is 2. The van der Waals surface area contributed by atoms with E-state index < -0.39 is 23.2 Å². The molecule has 4 aromatic rings. The molecule has 7 rings (SSSR count). The molecular weight excluding hydrogens is 518 g/mol. The average Bonchev–Trinajstić information content (AvgIpc) is 3.71. The summed E-state index contributed by atoms with van der Waals surface area (Å²) in [6.07, 6.45) is 5.40. The van der Waals surface area contributed by atoms with Gasteiger partial charge in [-0.2, -0.15) is 4.39 Å². The molecule has 2 aliphatic heterocycles. The minimum atomic E-state index is -1.30. The third-order valence-corrected chi connectivity index (χ3v) is 8.05. The molecule has 0 unspecified atom stereocenters. The van der Waals surface area contributed by atoms with Gasteiger partial charge in [-0.1, -0.05) is 18.2 Å². The van der Waals surface area contributed by atoms with Crippen molar-refractivity contribution in [1.29, 1.82) is 0 Å². The van der Waals surface area contributed by atoms with Gasteiger partial charge < -0.3 is 24.6 Å². The quantitative estimate of drug-likeness (QED) is 0.356. The summed E-state index contributed by atoms with van der Waals surface area (Å²) in [6.45, 7) is 2.40. The van der Waals surface area contributed by atoms with Crippen molar-refractivity contribution in [2.24, 2.45) is 5.92 Å². The topological polar surface area (TPSA) is 96.7 Å². The number of hydrogen-bond donors (Lipinski definition) is 2. The highest BCUT2D eigenvalue weighted by atomic mass is 19.1. The minimum Gasteiger partial charge on any atom is -0.492 e. The number of ether oxygens (including phenoxy) is 1. The van der Waals surface area contributed by atoms with Gasteiger partial charge in [0.2, 0.25) is 11.4 Å². The standard InChI is InChI=1S/C21H24FN3O4.C9H6FN/c1-29-20-17-13(19(26)14(21(27)28)9-25(17)12-4-5-12)7-15(22)18(20)24-8-11-3-2-6-23-16(11)10-24;10-9-6-5-7-3-1-2-4-8(7)11-9/h7,9,11-12,16,23H,2-6,8,10H2,1H3,(H,27,28);1-6H/t11-,16+;/m0./s1. The fraction of sp³-hybridized carbons (Fsp3) is 0.367. The Bertz CT molecular complexity index is 1660. The average molecular weight is 549 g/mol. The predicted octanol–water partition coefficient (Wildman–Crippen LogP) is 4.74. The van der Waals surface area contributed by atoms with Gasteiger partial charge in [0.15, 0.2) is 11.6 Å². The molecule has 2 aromatic heterocycles. The van der Waals surface area contributed by atoms with Crippen LogP contribution in [0.5, 0.6) is 5.75 Å². The predicted molar refractivity (Wildman–Crippen MR) is 148 cm³/mol. The summed E-state index contributed by atoms with van der Waals surface area (Å²) >= 11 is 0. The molecule has 2 N–H and O–H groups in total. The number of para-hydroxylation sites is 1. The number of carboxylic acids is 1. The van der Waals surface area contributed by atoms with Crippen molar-refractivity contribution in [3.8, 4) is 5.75 Å². The molecule has 2 saturated heterocycles. The van der Waals surface area contributed by atoms with Crippen molar-refractivity contribution < 1.29 is 23.4 Å². The Kier molecular flexibility index (Phi) is 6.87. The normalized spacial score (nSPS) is 20.2. The number of carbonyl (C=O) groups is 1. The van der Waals surface area contributed by atoms with Crippen LogP contribution < -0.4 is 20.4 Å². The van der Waals surface area contributed by atoms with Crippen LogP contribution in [0.1, 0.15) is 42.1 Å². The molecule has 2 atom stereocenters. The molecule has 2 aromatic carbocycles. The van der Waals surface area contributed by atoms with Gasteiger partial charge in [-0.15, -0.1) is 0 Å². The van der Waals surface area contributed by atoms with E-state index in [0.29, 0.717) is 41.0 Å². The number of carboxylic acid groups (broad SMARTS) is 1. The molecule has 3 aliphatic rings. The molecule has 10 heteroatoms. The number of methoxy groups -OCH3 is 1. The summed E-state index contributed by atoms with van der Waals surface area (Å²) in [5.74, 6) is -1.49. The summed E-state index contributed by atoms with van der Waals surface area (Å²) < 4.78 is 35.3. The first-order chi connectivity index (χ1) is 19.4. The summed E-state index contributed by atoms with van der Waals surface area (Å²) in [6, 6.07) is 12.1. The van der Waals surface area contributed by atoms with Crippen LogP contribution in [-0.2, 0) is 0 Å². The van der Waals surface area contributed by atoms with Gasteiger partial charge in [-0.05, 0) is 62.4 Å². The van der Waals surface area contributed by atoms with E-state index in [4.69, 9.17) is 4.74 Å². The van der Waals surface area contributed by atoms with Crippen LogP contribution >= 0.6 is 0 Å². The Morgan fingerprint density at radius 1 is 1.12 bits per heavy atom. The van der Waals surface area contributed by atoms with Crippen molar-refractivity contribution in [3.05, 3.63) is 76.2 Å². The number of aromatic nitrogens is 2. The lowest BCUT2D eigenvalue weighted by Crippen LogP contribution is -2.40. The highest BCUT2D eigenvalue weighted by molar-refractivity contribution is 5.97. The molecule has 0 amide bonds. The van der Waals surface area contributed by atoms with E-state index in [0.717, 1.165) is 44.2 Å². The molecule has 0 bridgehead atoms. The SMILES string of the molecule is COc1c(N2C[C@@H]3CCCN[C@@H]3C2)c(F)cc2c(=O)c(C(=O)O)cn(C3CC3)c12.Fc1ccc2ccccc2n1. The van der Waals surface area contributed by atoms with Gasteiger partial charge in [0.25, 0.3) is 0 Å². The number of nitrogens with zero attached hydrogens (tertiary/aromatic N) is 3. The minimum absolute atomic E-state index is 0.0599. The van der Waals surface area contributed by atoms with E-state index in [1.165, 1.54) is 25.4 Å². The second-order valence-corrected chi connectivity index (χ2v) is 10.6. The molecule has 0 spiro atoms. The van der Waals surface area contributed by atoms with E-state index in [1.54, 1.807) is 16.7 Å². The van der Waals surface area contributed by atoms with Crippen LogP contribution in [0.15, 0.2) is 53.5 Å². The largest absolute Gasteiger partial charge is 0.492 e. The summed E-state index contributed by atoms with van der Waals surface area (Å²) in [4.78, 5) is 30.1.